The molecule has 0 bridgehead atoms. The van der Waals surface area contributed by atoms with Crippen molar-refractivity contribution in [3.05, 3.63) is 71.9 Å². The molecule has 2 aromatic heterocycles. The van der Waals surface area contributed by atoms with E-state index in [2.05, 4.69) is 10.4 Å². The zero-order valence-electron chi connectivity index (χ0n) is 14.5. The Kier molecular flexibility index (Phi) is 5.46. The maximum Gasteiger partial charge on any atom is 0.374 e. The summed E-state index contributed by atoms with van der Waals surface area (Å²) < 4.78 is 12.0. The predicted molar refractivity (Wildman–Crippen MR) is 95.4 cm³/mol. The van der Waals surface area contributed by atoms with Crippen LogP contribution in [0.4, 0.5) is 5.69 Å². The summed E-state index contributed by atoms with van der Waals surface area (Å²) in [4.78, 5) is 35.6. The van der Waals surface area contributed by atoms with E-state index in [1.165, 1.54) is 13.0 Å². The number of ketones is 1. The minimum absolute atomic E-state index is 0.00547. The molecule has 1 N–H and O–H groups in total. The van der Waals surface area contributed by atoms with E-state index in [-0.39, 0.29) is 11.5 Å². The molecule has 27 heavy (non-hydrogen) atoms. The topological polar surface area (TPSA) is 103 Å². The molecule has 0 saturated carbocycles. The van der Waals surface area contributed by atoms with Gasteiger partial charge in [0.2, 0.25) is 5.76 Å². The Morgan fingerprint density at radius 3 is 2.70 bits per heavy atom. The van der Waals surface area contributed by atoms with E-state index in [9.17, 15) is 14.4 Å². The third-order valence-corrected chi connectivity index (χ3v) is 3.65. The first-order chi connectivity index (χ1) is 13.0. The Bertz CT molecular complexity index is 959. The average Bonchev–Trinajstić information content (AvgIpc) is 3.32. The first kappa shape index (κ1) is 18.1. The molecule has 1 amide bonds. The Hall–Kier alpha value is -3.68. The molecule has 0 aliphatic heterocycles. The van der Waals surface area contributed by atoms with Gasteiger partial charge in [0.1, 0.15) is 5.76 Å². The fraction of sp³-hybridized carbons (Fsp3) is 0.158. The highest BCUT2D eigenvalue weighted by molar-refractivity contribution is 6.04. The van der Waals surface area contributed by atoms with E-state index in [0.717, 1.165) is 0 Å². The van der Waals surface area contributed by atoms with Crippen LogP contribution in [0.1, 0.15) is 33.6 Å². The zero-order chi connectivity index (χ0) is 19.2. The SMILES string of the molecule is CC(=O)c1ccccc1NC(=O)COC(=O)c1ccc(Cn2cccn2)o1. The summed E-state index contributed by atoms with van der Waals surface area (Å²) in [5.41, 5.74) is 0.747. The van der Waals surface area contributed by atoms with Crippen molar-refractivity contribution < 1.29 is 23.5 Å². The number of rotatable bonds is 7. The summed E-state index contributed by atoms with van der Waals surface area (Å²) in [5.74, 6) is -0.958. The van der Waals surface area contributed by atoms with Crippen LogP contribution >= 0.6 is 0 Å². The monoisotopic (exact) mass is 367 g/mol. The normalized spacial score (nSPS) is 10.4. The van der Waals surface area contributed by atoms with Gasteiger partial charge < -0.3 is 14.5 Å². The molecule has 3 rings (SSSR count). The number of esters is 1. The van der Waals surface area contributed by atoms with Crippen LogP contribution in [0.2, 0.25) is 0 Å². The number of furan rings is 1. The number of hydrogen-bond donors (Lipinski definition) is 1. The molecule has 0 saturated heterocycles. The fourth-order valence-electron chi connectivity index (χ4n) is 2.41. The van der Waals surface area contributed by atoms with E-state index < -0.39 is 18.5 Å². The van der Waals surface area contributed by atoms with Crippen molar-refractivity contribution in [2.45, 2.75) is 13.5 Å². The molecule has 0 radical (unpaired) electrons. The molecule has 1 aromatic carbocycles. The van der Waals surface area contributed by atoms with Crippen molar-refractivity contribution in [3.63, 3.8) is 0 Å². The van der Waals surface area contributed by atoms with Crippen LogP contribution in [0.5, 0.6) is 0 Å². The van der Waals surface area contributed by atoms with Gasteiger partial charge >= 0.3 is 5.97 Å². The first-order valence-corrected chi connectivity index (χ1v) is 8.16. The van der Waals surface area contributed by atoms with Crippen LogP contribution in [0, 0.1) is 0 Å². The summed E-state index contributed by atoms with van der Waals surface area (Å²) in [7, 11) is 0. The molecular formula is C19H17N3O5. The van der Waals surface area contributed by atoms with Gasteiger partial charge in [0.15, 0.2) is 12.4 Å². The highest BCUT2D eigenvalue weighted by Gasteiger charge is 2.16. The van der Waals surface area contributed by atoms with Crippen molar-refractivity contribution in [1.29, 1.82) is 0 Å². The Labute approximate surface area is 154 Å². The first-order valence-electron chi connectivity index (χ1n) is 8.16. The second-order valence-corrected chi connectivity index (χ2v) is 5.70. The number of nitrogens with one attached hydrogen (secondary N) is 1. The minimum Gasteiger partial charge on any atom is -0.452 e. The van der Waals surface area contributed by atoms with Crippen molar-refractivity contribution in [3.8, 4) is 0 Å². The number of aromatic nitrogens is 2. The number of Topliss-reactive ketones (excluding diaryl/α,β-unsaturated/α-hetero) is 1. The van der Waals surface area contributed by atoms with Crippen LogP contribution in [0.25, 0.3) is 0 Å². The number of carbonyl (C=O) groups excluding carboxylic acids is 3. The number of nitrogens with zero attached hydrogens (tertiary/aromatic N) is 2. The second-order valence-electron chi connectivity index (χ2n) is 5.70. The molecule has 8 nitrogen and oxygen atoms in total. The third-order valence-electron chi connectivity index (χ3n) is 3.65. The Morgan fingerprint density at radius 2 is 1.96 bits per heavy atom. The van der Waals surface area contributed by atoms with Crippen molar-refractivity contribution in [2.24, 2.45) is 0 Å². The maximum atomic E-state index is 12.0. The van der Waals surface area contributed by atoms with Crippen molar-refractivity contribution in [2.75, 3.05) is 11.9 Å². The molecule has 0 spiro atoms. The summed E-state index contributed by atoms with van der Waals surface area (Å²) >= 11 is 0. The lowest BCUT2D eigenvalue weighted by Crippen LogP contribution is -2.21. The fourth-order valence-corrected chi connectivity index (χ4v) is 2.41. The van der Waals surface area contributed by atoms with E-state index in [4.69, 9.17) is 9.15 Å². The van der Waals surface area contributed by atoms with Crippen LogP contribution in [0.3, 0.4) is 0 Å². The van der Waals surface area contributed by atoms with Crippen LogP contribution in [-0.4, -0.2) is 34.0 Å². The lowest BCUT2D eigenvalue weighted by molar-refractivity contribution is -0.119. The van der Waals surface area contributed by atoms with E-state index in [0.29, 0.717) is 23.6 Å². The highest BCUT2D eigenvalue weighted by Crippen LogP contribution is 2.15. The smallest absolute Gasteiger partial charge is 0.374 e. The van der Waals surface area contributed by atoms with Crippen LogP contribution in [0.15, 0.2) is 59.3 Å². The number of para-hydroxylation sites is 1. The largest absolute Gasteiger partial charge is 0.452 e. The maximum absolute atomic E-state index is 12.0. The van der Waals surface area contributed by atoms with Crippen molar-refractivity contribution >= 4 is 23.3 Å². The van der Waals surface area contributed by atoms with Gasteiger partial charge in [0.05, 0.1) is 12.2 Å². The molecule has 0 aliphatic rings. The molecule has 0 aliphatic carbocycles. The molecule has 138 valence electrons. The summed E-state index contributed by atoms with van der Waals surface area (Å²) in [5, 5.41) is 6.60. The summed E-state index contributed by atoms with van der Waals surface area (Å²) in [6.07, 6.45) is 3.41. The number of amides is 1. The van der Waals surface area contributed by atoms with Gasteiger partial charge in [-0.2, -0.15) is 5.10 Å². The van der Waals surface area contributed by atoms with Crippen LogP contribution < -0.4 is 5.32 Å². The van der Waals surface area contributed by atoms with Gasteiger partial charge in [0.25, 0.3) is 5.91 Å². The Morgan fingerprint density at radius 1 is 1.15 bits per heavy atom. The number of ether oxygens (including phenoxy) is 1. The molecular weight excluding hydrogens is 350 g/mol. The molecule has 0 atom stereocenters. The van der Waals surface area contributed by atoms with Gasteiger partial charge in [0, 0.05) is 18.0 Å². The molecule has 0 fully saturated rings. The number of hydrogen-bond acceptors (Lipinski definition) is 6. The summed E-state index contributed by atoms with van der Waals surface area (Å²) in [6.45, 7) is 1.28. The molecule has 3 aromatic rings. The van der Waals surface area contributed by atoms with Gasteiger partial charge in [-0.1, -0.05) is 12.1 Å². The van der Waals surface area contributed by atoms with Gasteiger partial charge in [-0.25, -0.2) is 4.79 Å². The zero-order valence-corrected chi connectivity index (χ0v) is 14.5. The van der Waals surface area contributed by atoms with E-state index >= 15 is 0 Å². The van der Waals surface area contributed by atoms with Gasteiger partial charge in [-0.15, -0.1) is 0 Å². The number of carbonyl (C=O) groups is 3. The molecule has 0 unspecified atom stereocenters. The van der Waals surface area contributed by atoms with E-state index in [1.807, 2.05) is 0 Å². The Balaban J connectivity index is 1.54. The standard InChI is InChI=1S/C19H17N3O5/c1-13(23)15-5-2-3-6-16(15)21-18(24)12-26-19(25)17-8-7-14(27-17)11-22-10-4-9-20-22/h2-10H,11-12H2,1H3,(H,21,24). The average molecular weight is 367 g/mol. The number of anilines is 1. The quantitative estimate of drug-likeness (QED) is 0.508. The predicted octanol–water partition coefficient (Wildman–Crippen LogP) is 2.52. The molecule has 8 heteroatoms. The highest BCUT2D eigenvalue weighted by atomic mass is 16.5. The van der Waals surface area contributed by atoms with Gasteiger partial charge in [-0.05, 0) is 37.3 Å². The lowest BCUT2D eigenvalue weighted by atomic mass is 10.1. The summed E-state index contributed by atoms with van der Waals surface area (Å²) in [6, 6.07) is 11.5. The van der Waals surface area contributed by atoms with E-state index in [1.54, 1.807) is 53.5 Å². The third kappa shape index (κ3) is 4.69. The lowest BCUT2D eigenvalue weighted by Gasteiger charge is -2.09. The minimum atomic E-state index is -0.753. The number of benzene rings is 1. The van der Waals surface area contributed by atoms with Crippen molar-refractivity contribution in [1.82, 2.24) is 9.78 Å². The second kappa shape index (κ2) is 8.13. The molecule has 2 heterocycles. The van der Waals surface area contributed by atoms with Crippen LogP contribution in [-0.2, 0) is 16.1 Å². The van der Waals surface area contributed by atoms with Gasteiger partial charge in [-0.3, -0.25) is 14.3 Å².